The average Bonchev–Trinajstić information content (AvgIpc) is 3.19. The van der Waals surface area contributed by atoms with Crippen LogP contribution in [0.2, 0.25) is 5.02 Å². The Hall–Kier alpha value is -2.79. The third-order valence-corrected chi connectivity index (χ3v) is 4.34. The molecule has 1 aliphatic rings. The highest BCUT2D eigenvalue weighted by molar-refractivity contribution is 6.32. The highest BCUT2D eigenvalue weighted by Crippen LogP contribution is 2.33. The molecule has 0 saturated carbocycles. The van der Waals surface area contributed by atoms with Crippen LogP contribution in [0.5, 0.6) is 0 Å². The van der Waals surface area contributed by atoms with Crippen LogP contribution in [0.1, 0.15) is 18.2 Å². The van der Waals surface area contributed by atoms with E-state index in [0.29, 0.717) is 22.0 Å². The molecule has 0 radical (unpaired) electrons. The number of furan rings is 1. The molecule has 1 amide bonds. The van der Waals surface area contributed by atoms with E-state index in [9.17, 15) is 9.59 Å². The van der Waals surface area contributed by atoms with Gasteiger partial charge in [-0.15, -0.1) is 0 Å². The van der Waals surface area contributed by atoms with Crippen molar-refractivity contribution in [2.75, 3.05) is 7.11 Å². The molecule has 2 heterocycles. The minimum Gasteiger partial charge on any atom is -0.467 e. The molecular weight excluding hydrogens is 342 g/mol. The van der Waals surface area contributed by atoms with Gasteiger partial charge in [0.05, 0.1) is 31.1 Å². The third-order valence-electron chi connectivity index (χ3n) is 4.00. The Labute approximate surface area is 150 Å². The fraction of sp³-hybridized carbons (Fsp3) is 0.158. The lowest BCUT2D eigenvalue weighted by Gasteiger charge is -2.16. The van der Waals surface area contributed by atoms with Gasteiger partial charge in [-0.25, -0.2) is 4.79 Å². The number of carbonyl (C=O) groups is 2. The van der Waals surface area contributed by atoms with Gasteiger partial charge in [0.25, 0.3) is 5.91 Å². The molecule has 25 heavy (non-hydrogen) atoms. The van der Waals surface area contributed by atoms with E-state index in [2.05, 4.69) is 0 Å². The lowest BCUT2D eigenvalue weighted by molar-refractivity contribution is -0.136. The van der Waals surface area contributed by atoms with Crippen molar-refractivity contribution in [1.29, 1.82) is 0 Å². The van der Waals surface area contributed by atoms with Crippen molar-refractivity contribution in [1.82, 2.24) is 4.90 Å². The number of amides is 1. The number of nitrogens with zero attached hydrogens (tertiary/aromatic N) is 1. The Balaban J connectivity index is 2.06. The standard InChI is InChI=1S/C19H16ClNO4/c1-12-17(19(23)24-2)15(10-13-6-3-4-8-16(13)20)18(22)21(12)11-14-7-5-9-25-14/h3-10H,11H2,1-2H3/b15-10-. The number of benzene rings is 1. The van der Waals surface area contributed by atoms with Gasteiger partial charge in [-0.05, 0) is 36.8 Å². The number of rotatable bonds is 4. The third kappa shape index (κ3) is 3.23. The van der Waals surface area contributed by atoms with Crippen molar-refractivity contribution < 1.29 is 18.7 Å². The zero-order valence-corrected chi connectivity index (χ0v) is 14.5. The van der Waals surface area contributed by atoms with Crippen LogP contribution in [0, 0.1) is 0 Å². The van der Waals surface area contributed by atoms with Gasteiger partial charge in [0.1, 0.15) is 5.76 Å². The summed E-state index contributed by atoms with van der Waals surface area (Å²) in [6.07, 6.45) is 3.15. The minimum absolute atomic E-state index is 0.234. The molecule has 0 spiro atoms. The largest absolute Gasteiger partial charge is 0.467 e. The first-order valence-corrected chi connectivity index (χ1v) is 8.00. The van der Waals surface area contributed by atoms with Crippen LogP contribution < -0.4 is 0 Å². The van der Waals surface area contributed by atoms with E-state index in [0.717, 1.165) is 0 Å². The normalized spacial score (nSPS) is 16.0. The van der Waals surface area contributed by atoms with Crippen LogP contribution in [0.15, 0.2) is 63.9 Å². The number of allylic oxidation sites excluding steroid dienone is 1. The maximum Gasteiger partial charge on any atom is 0.340 e. The summed E-state index contributed by atoms with van der Waals surface area (Å²) in [4.78, 5) is 26.7. The second kappa shape index (κ2) is 6.99. The summed E-state index contributed by atoms with van der Waals surface area (Å²) in [5, 5.41) is 0.495. The molecule has 0 bridgehead atoms. The molecule has 1 aromatic heterocycles. The van der Waals surface area contributed by atoms with Crippen LogP contribution in [0.25, 0.3) is 6.08 Å². The smallest absolute Gasteiger partial charge is 0.340 e. The zero-order valence-electron chi connectivity index (χ0n) is 13.8. The van der Waals surface area contributed by atoms with Crippen molar-refractivity contribution >= 4 is 29.6 Å². The lowest BCUT2D eigenvalue weighted by Crippen LogP contribution is -2.24. The average molecular weight is 358 g/mol. The molecule has 1 aliphatic heterocycles. The Morgan fingerprint density at radius 2 is 2.04 bits per heavy atom. The first kappa shape index (κ1) is 17.0. The fourth-order valence-corrected chi connectivity index (χ4v) is 2.91. The van der Waals surface area contributed by atoms with E-state index >= 15 is 0 Å². The summed E-state index contributed by atoms with van der Waals surface area (Å²) in [6.45, 7) is 1.94. The number of carbonyl (C=O) groups excluding carboxylic acids is 2. The molecule has 5 nitrogen and oxygen atoms in total. The maximum absolute atomic E-state index is 12.9. The SMILES string of the molecule is COC(=O)C1=C(C)N(Cc2ccco2)C(=O)/C1=C\c1ccccc1Cl. The van der Waals surface area contributed by atoms with Gasteiger partial charge in [-0.3, -0.25) is 4.79 Å². The zero-order chi connectivity index (χ0) is 18.0. The molecule has 0 N–H and O–H groups in total. The number of hydrogen-bond donors (Lipinski definition) is 0. The number of esters is 1. The summed E-state index contributed by atoms with van der Waals surface area (Å²) in [6, 6.07) is 10.6. The maximum atomic E-state index is 12.9. The van der Waals surface area contributed by atoms with E-state index in [1.807, 2.05) is 6.07 Å². The van der Waals surface area contributed by atoms with Gasteiger partial charge in [-0.1, -0.05) is 29.8 Å². The van der Waals surface area contributed by atoms with Crippen molar-refractivity contribution in [2.45, 2.75) is 13.5 Å². The van der Waals surface area contributed by atoms with Gasteiger partial charge in [0, 0.05) is 10.7 Å². The summed E-state index contributed by atoms with van der Waals surface area (Å²) in [5.74, 6) is -0.240. The number of halogens is 1. The Morgan fingerprint density at radius 1 is 1.28 bits per heavy atom. The molecule has 2 aromatic rings. The molecule has 0 unspecified atom stereocenters. The highest BCUT2D eigenvalue weighted by Gasteiger charge is 2.37. The summed E-state index contributed by atoms with van der Waals surface area (Å²) >= 11 is 6.18. The Morgan fingerprint density at radius 3 is 2.68 bits per heavy atom. The summed E-state index contributed by atoms with van der Waals surface area (Å²) < 4.78 is 10.2. The van der Waals surface area contributed by atoms with Gasteiger partial charge in [0.15, 0.2) is 0 Å². The quantitative estimate of drug-likeness (QED) is 0.616. The predicted molar refractivity (Wildman–Crippen MR) is 93.4 cm³/mol. The van der Waals surface area contributed by atoms with E-state index in [-0.39, 0.29) is 23.6 Å². The van der Waals surface area contributed by atoms with Gasteiger partial charge >= 0.3 is 5.97 Å². The van der Waals surface area contributed by atoms with E-state index in [4.69, 9.17) is 20.8 Å². The van der Waals surface area contributed by atoms with Crippen LogP contribution in [-0.4, -0.2) is 23.9 Å². The van der Waals surface area contributed by atoms with Gasteiger partial charge < -0.3 is 14.1 Å². The van der Waals surface area contributed by atoms with E-state index < -0.39 is 5.97 Å². The van der Waals surface area contributed by atoms with Crippen molar-refractivity contribution in [3.8, 4) is 0 Å². The molecule has 0 atom stereocenters. The number of ether oxygens (including phenoxy) is 1. The number of hydrogen-bond acceptors (Lipinski definition) is 4. The molecule has 6 heteroatoms. The second-order valence-corrected chi connectivity index (χ2v) is 5.91. The van der Waals surface area contributed by atoms with Crippen LogP contribution in [0.4, 0.5) is 0 Å². The fourth-order valence-electron chi connectivity index (χ4n) is 2.72. The van der Waals surface area contributed by atoms with Crippen LogP contribution >= 0.6 is 11.6 Å². The molecule has 1 aromatic carbocycles. The summed E-state index contributed by atoms with van der Waals surface area (Å²) in [7, 11) is 1.29. The summed E-state index contributed by atoms with van der Waals surface area (Å²) in [5.41, 5.74) is 1.66. The molecule has 3 rings (SSSR count). The topological polar surface area (TPSA) is 59.8 Å². The molecular formula is C19H16ClNO4. The van der Waals surface area contributed by atoms with Crippen LogP contribution in [-0.2, 0) is 20.9 Å². The van der Waals surface area contributed by atoms with E-state index in [1.54, 1.807) is 43.3 Å². The molecule has 0 aliphatic carbocycles. The van der Waals surface area contributed by atoms with Gasteiger partial charge in [0.2, 0.25) is 0 Å². The van der Waals surface area contributed by atoms with Crippen LogP contribution in [0.3, 0.4) is 0 Å². The van der Waals surface area contributed by atoms with Crippen molar-refractivity contribution in [3.63, 3.8) is 0 Å². The Kier molecular flexibility index (Phi) is 4.76. The van der Waals surface area contributed by atoms with Gasteiger partial charge in [-0.2, -0.15) is 0 Å². The molecule has 128 valence electrons. The molecule has 0 saturated heterocycles. The lowest BCUT2D eigenvalue weighted by atomic mass is 10.0. The first-order chi connectivity index (χ1) is 12.0. The monoisotopic (exact) mass is 357 g/mol. The first-order valence-electron chi connectivity index (χ1n) is 7.63. The molecule has 0 fully saturated rings. The Bertz CT molecular complexity index is 881. The second-order valence-electron chi connectivity index (χ2n) is 5.50. The van der Waals surface area contributed by atoms with E-state index in [1.165, 1.54) is 18.3 Å². The number of methoxy groups -OCH3 is 1. The minimum atomic E-state index is -0.564. The highest BCUT2D eigenvalue weighted by atomic mass is 35.5. The van der Waals surface area contributed by atoms with Crippen molar-refractivity contribution in [3.05, 3.63) is 75.9 Å². The predicted octanol–water partition coefficient (Wildman–Crippen LogP) is 3.81. The van der Waals surface area contributed by atoms with Crippen molar-refractivity contribution in [2.24, 2.45) is 0 Å².